The van der Waals surface area contributed by atoms with E-state index < -0.39 is 0 Å². The molecule has 172 valence electrons. The fourth-order valence-corrected chi connectivity index (χ4v) is 2.41. The van der Waals surface area contributed by atoms with Crippen LogP contribution in [0.25, 0.3) is 0 Å². The van der Waals surface area contributed by atoms with Gasteiger partial charge < -0.3 is 25.4 Å². The van der Waals surface area contributed by atoms with Gasteiger partial charge >= 0.3 is 0 Å². The van der Waals surface area contributed by atoms with Crippen LogP contribution in [0.3, 0.4) is 0 Å². The Kier molecular flexibility index (Phi) is 18.6. The average Bonchev–Trinajstić information content (AvgIpc) is 2.69. The van der Waals surface area contributed by atoms with E-state index in [2.05, 4.69) is 27.9 Å². The van der Waals surface area contributed by atoms with Gasteiger partial charge in [0.25, 0.3) is 0 Å². The molecule has 0 bridgehead atoms. The predicted molar refractivity (Wildman–Crippen MR) is 129 cm³/mol. The van der Waals surface area contributed by atoms with Crippen LogP contribution in [0.15, 0.2) is 29.3 Å². The Labute approximate surface area is 196 Å². The van der Waals surface area contributed by atoms with Crippen molar-refractivity contribution in [1.29, 1.82) is 0 Å². The monoisotopic (exact) mass is 538 g/mol. The van der Waals surface area contributed by atoms with Crippen molar-refractivity contribution in [2.24, 2.45) is 4.99 Å². The van der Waals surface area contributed by atoms with Gasteiger partial charge in [0.2, 0.25) is 5.91 Å². The van der Waals surface area contributed by atoms with Crippen LogP contribution in [0.1, 0.15) is 32.3 Å². The van der Waals surface area contributed by atoms with Crippen LogP contribution in [0.5, 0.6) is 0 Å². The summed E-state index contributed by atoms with van der Waals surface area (Å²) in [5.41, 5.74) is 0.654. The van der Waals surface area contributed by atoms with Crippen LogP contribution in [0, 0.1) is 5.82 Å². The summed E-state index contributed by atoms with van der Waals surface area (Å²) in [7, 11) is 0. The fraction of sp³-hybridized carbons (Fsp3) is 0.619. The van der Waals surface area contributed by atoms with Gasteiger partial charge in [0.15, 0.2) is 5.96 Å². The van der Waals surface area contributed by atoms with Gasteiger partial charge in [-0.3, -0.25) is 9.79 Å². The van der Waals surface area contributed by atoms with Gasteiger partial charge in [0, 0.05) is 26.2 Å². The van der Waals surface area contributed by atoms with Crippen molar-refractivity contribution in [2.45, 2.75) is 33.1 Å². The van der Waals surface area contributed by atoms with Crippen molar-refractivity contribution in [1.82, 2.24) is 16.0 Å². The molecule has 0 heterocycles. The molecule has 9 heteroatoms. The highest BCUT2D eigenvalue weighted by Gasteiger charge is 2.04. The number of amides is 1. The van der Waals surface area contributed by atoms with Gasteiger partial charge in [0.1, 0.15) is 5.82 Å². The summed E-state index contributed by atoms with van der Waals surface area (Å²) in [6, 6.07) is 6.06. The molecule has 1 aromatic carbocycles. The van der Waals surface area contributed by atoms with Crippen molar-refractivity contribution in [3.63, 3.8) is 0 Å². The minimum Gasteiger partial charge on any atom is -0.379 e. The Balaban J connectivity index is 0.00000841. The summed E-state index contributed by atoms with van der Waals surface area (Å²) in [5.74, 6) is 0.194. The van der Waals surface area contributed by atoms with E-state index in [1.165, 1.54) is 12.1 Å². The average molecular weight is 538 g/mol. The van der Waals surface area contributed by atoms with Gasteiger partial charge in [0.05, 0.1) is 32.8 Å². The van der Waals surface area contributed by atoms with E-state index in [9.17, 15) is 9.18 Å². The number of hydrogen-bond acceptors (Lipinski definition) is 4. The lowest BCUT2D eigenvalue weighted by Gasteiger charge is -2.12. The Morgan fingerprint density at radius 2 is 1.77 bits per heavy atom. The number of carbonyl (C=O) groups excluding carboxylic acids is 1. The van der Waals surface area contributed by atoms with E-state index in [-0.39, 0.29) is 42.1 Å². The number of halogens is 2. The summed E-state index contributed by atoms with van der Waals surface area (Å²) in [4.78, 5) is 16.3. The highest BCUT2D eigenvalue weighted by atomic mass is 127. The zero-order chi connectivity index (χ0) is 21.2. The lowest BCUT2D eigenvalue weighted by Crippen LogP contribution is -2.42. The van der Waals surface area contributed by atoms with Gasteiger partial charge in [-0.2, -0.15) is 0 Å². The van der Waals surface area contributed by atoms with Crippen LogP contribution in [0.2, 0.25) is 0 Å². The normalized spacial score (nSPS) is 11.0. The molecule has 0 aliphatic rings. The molecule has 1 aromatic rings. The Hall–Kier alpha value is -1.46. The number of unbranched alkanes of at least 4 members (excludes halogenated alkanes) is 1. The minimum atomic E-state index is -0.337. The van der Waals surface area contributed by atoms with Crippen LogP contribution in [0.4, 0.5) is 4.39 Å². The summed E-state index contributed by atoms with van der Waals surface area (Å²) in [5, 5.41) is 9.11. The second kappa shape index (κ2) is 19.5. The molecule has 7 nitrogen and oxygen atoms in total. The summed E-state index contributed by atoms with van der Waals surface area (Å²) < 4.78 is 24.1. The van der Waals surface area contributed by atoms with Crippen molar-refractivity contribution in [2.75, 3.05) is 52.6 Å². The lowest BCUT2D eigenvalue weighted by atomic mass is 10.1. The number of carbonyl (C=O) groups is 1. The largest absolute Gasteiger partial charge is 0.379 e. The second-order valence-electron chi connectivity index (χ2n) is 6.42. The van der Waals surface area contributed by atoms with Crippen molar-refractivity contribution in [3.05, 3.63) is 35.6 Å². The molecule has 1 rings (SSSR count). The molecule has 0 radical (unpaired) electrons. The summed E-state index contributed by atoms with van der Waals surface area (Å²) >= 11 is 0. The van der Waals surface area contributed by atoms with E-state index >= 15 is 0 Å². The van der Waals surface area contributed by atoms with Crippen molar-refractivity contribution >= 4 is 35.8 Å². The zero-order valence-electron chi connectivity index (χ0n) is 18.0. The molecule has 0 unspecified atom stereocenters. The fourth-order valence-electron chi connectivity index (χ4n) is 2.41. The maximum Gasteiger partial charge on any atom is 0.224 e. The molecule has 0 aromatic heterocycles. The van der Waals surface area contributed by atoms with Crippen molar-refractivity contribution < 1.29 is 18.7 Å². The molecule has 0 saturated heterocycles. The summed E-state index contributed by atoms with van der Waals surface area (Å²) in [6.07, 6.45) is 2.37. The molecule has 0 aliphatic carbocycles. The van der Waals surface area contributed by atoms with E-state index in [4.69, 9.17) is 9.47 Å². The minimum absolute atomic E-state index is 0. The van der Waals surface area contributed by atoms with E-state index in [0.29, 0.717) is 51.0 Å². The van der Waals surface area contributed by atoms with E-state index in [1.54, 1.807) is 12.1 Å². The Bertz CT molecular complexity index is 605. The number of rotatable bonds is 15. The molecule has 0 atom stereocenters. The van der Waals surface area contributed by atoms with Crippen molar-refractivity contribution in [3.8, 4) is 0 Å². The molecule has 0 aliphatic heterocycles. The third-order valence-corrected chi connectivity index (χ3v) is 3.86. The second-order valence-corrected chi connectivity index (χ2v) is 6.42. The van der Waals surface area contributed by atoms with Gasteiger partial charge in [-0.1, -0.05) is 25.5 Å². The van der Waals surface area contributed by atoms with Crippen LogP contribution in [-0.2, 0) is 20.7 Å². The molecule has 0 spiro atoms. The maximum absolute atomic E-state index is 13.1. The number of guanidine groups is 1. The molecule has 1 amide bonds. The van der Waals surface area contributed by atoms with E-state index in [0.717, 1.165) is 26.0 Å². The highest BCUT2D eigenvalue weighted by molar-refractivity contribution is 14.0. The predicted octanol–water partition coefficient (Wildman–Crippen LogP) is 2.49. The molecule has 0 fully saturated rings. The third-order valence-electron chi connectivity index (χ3n) is 3.86. The molecule has 3 N–H and O–H groups in total. The quantitative estimate of drug-likeness (QED) is 0.138. The van der Waals surface area contributed by atoms with Crippen LogP contribution >= 0.6 is 24.0 Å². The first kappa shape index (κ1) is 28.5. The number of nitrogens with one attached hydrogen (secondary N) is 3. The third kappa shape index (κ3) is 15.4. The van der Waals surface area contributed by atoms with E-state index in [1.807, 2.05) is 6.92 Å². The van der Waals surface area contributed by atoms with Gasteiger partial charge in [-0.15, -0.1) is 24.0 Å². The number of hydrogen-bond donors (Lipinski definition) is 3. The topological polar surface area (TPSA) is 84.0 Å². The molecular formula is C21H36FIN4O3. The standard InChI is InChI=1S/C21H35FN4O3.HI/c1-3-5-12-28-14-15-29-13-11-26-21(23-4-2)25-10-9-24-20(27)17-18-7-6-8-19(22)16-18;/h6-8,16H,3-5,9-15,17H2,1-2H3,(H,24,27)(H2,23,25,26);1H. The number of nitrogens with zero attached hydrogens (tertiary/aromatic N) is 1. The van der Waals surface area contributed by atoms with Gasteiger partial charge in [-0.05, 0) is 31.0 Å². The first-order valence-corrected chi connectivity index (χ1v) is 10.3. The lowest BCUT2D eigenvalue weighted by molar-refractivity contribution is -0.120. The van der Waals surface area contributed by atoms with Gasteiger partial charge in [-0.25, -0.2) is 4.39 Å². The summed E-state index contributed by atoms with van der Waals surface area (Å²) in [6.45, 7) is 8.87. The number of benzene rings is 1. The Morgan fingerprint density at radius 1 is 1.03 bits per heavy atom. The maximum atomic E-state index is 13.1. The Morgan fingerprint density at radius 3 is 2.47 bits per heavy atom. The zero-order valence-corrected chi connectivity index (χ0v) is 20.4. The number of aliphatic imine (C=N–C) groups is 1. The van der Waals surface area contributed by atoms with Crippen LogP contribution in [-0.4, -0.2) is 64.5 Å². The van der Waals surface area contributed by atoms with Crippen LogP contribution < -0.4 is 16.0 Å². The smallest absolute Gasteiger partial charge is 0.224 e. The highest BCUT2D eigenvalue weighted by Crippen LogP contribution is 2.03. The molecule has 0 saturated carbocycles. The SMILES string of the molecule is CCCCOCCOCCN=C(NCC)NCCNC(=O)Cc1cccc(F)c1.I. The first-order valence-electron chi connectivity index (χ1n) is 10.3. The first-order chi connectivity index (χ1) is 14.2. The number of ether oxygens (including phenoxy) is 2. The molecule has 30 heavy (non-hydrogen) atoms. The molecular weight excluding hydrogens is 502 g/mol.